The molecule has 0 saturated carbocycles. The van der Waals surface area contributed by atoms with Crippen LogP contribution in [0.2, 0.25) is 10.3 Å². The highest BCUT2D eigenvalue weighted by Crippen LogP contribution is 2.16. The first-order valence-electron chi connectivity index (χ1n) is 6.75. The lowest BCUT2D eigenvalue weighted by Crippen LogP contribution is -2.28. The molecule has 0 saturated heterocycles. The Bertz CT molecular complexity index is 699. The number of urea groups is 1. The van der Waals surface area contributed by atoms with Crippen LogP contribution in [0.1, 0.15) is 20.8 Å². The average Bonchev–Trinajstić information content (AvgIpc) is 2.38. The lowest BCUT2D eigenvalue weighted by molar-refractivity contribution is 0.262. The molecule has 0 aliphatic rings. The molecule has 0 fully saturated rings. The molecule has 9 heteroatoms. The van der Waals surface area contributed by atoms with Crippen molar-refractivity contribution in [1.82, 2.24) is 15.0 Å². The number of anilines is 3. The van der Waals surface area contributed by atoms with Crippen LogP contribution >= 0.6 is 23.2 Å². The zero-order valence-corrected chi connectivity index (χ0v) is 14.3. The number of aromatic nitrogens is 3. The van der Waals surface area contributed by atoms with Crippen LogP contribution in [0, 0.1) is 0 Å². The highest BCUT2D eigenvalue weighted by atomic mass is 35.5. The van der Waals surface area contributed by atoms with Crippen molar-refractivity contribution in [1.29, 1.82) is 0 Å². The largest absolute Gasteiger partial charge is 0.349 e. The Morgan fingerprint density at radius 2 is 1.57 bits per heavy atom. The monoisotopic (exact) mass is 354 g/mol. The Labute approximate surface area is 143 Å². The quantitative estimate of drug-likeness (QED) is 0.773. The Morgan fingerprint density at radius 1 is 0.957 bits per heavy atom. The topological polar surface area (TPSA) is 91.8 Å². The number of carbonyl (C=O) groups is 1. The molecule has 1 aromatic heterocycles. The fraction of sp³-hybridized carbons (Fsp3) is 0.286. The summed E-state index contributed by atoms with van der Waals surface area (Å²) in [4.78, 5) is 23.9. The van der Waals surface area contributed by atoms with Gasteiger partial charge in [0, 0.05) is 16.2 Å². The van der Waals surface area contributed by atoms with Gasteiger partial charge in [-0.1, -0.05) is 11.6 Å². The van der Waals surface area contributed by atoms with Gasteiger partial charge >= 0.3 is 6.03 Å². The number of benzene rings is 1. The highest BCUT2D eigenvalue weighted by Gasteiger charge is 2.14. The Balaban J connectivity index is 2.06. The summed E-state index contributed by atoms with van der Waals surface area (Å²) < 4.78 is 0. The van der Waals surface area contributed by atoms with Gasteiger partial charge in [-0.25, -0.2) is 4.79 Å². The summed E-state index contributed by atoms with van der Waals surface area (Å²) in [6.07, 6.45) is 0. The minimum absolute atomic E-state index is 0.0199. The second-order valence-corrected chi connectivity index (χ2v) is 6.49. The fourth-order valence-electron chi connectivity index (χ4n) is 1.59. The van der Waals surface area contributed by atoms with Crippen LogP contribution in [-0.4, -0.2) is 26.5 Å². The van der Waals surface area contributed by atoms with Crippen molar-refractivity contribution in [2.45, 2.75) is 26.3 Å². The molecular weight excluding hydrogens is 339 g/mol. The molecule has 3 N–H and O–H groups in total. The van der Waals surface area contributed by atoms with Crippen molar-refractivity contribution in [3.8, 4) is 0 Å². The lowest BCUT2D eigenvalue weighted by atomic mass is 10.1. The van der Waals surface area contributed by atoms with Crippen molar-refractivity contribution >= 4 is 46.8 Å². The van der Waals surface area contributed by atoms with Gasteiger partial charge in [0.15, 0.2) is 0 Å². The summed E-state index contributed by atoms with van der Waals surface area (Å²) in [6.45, 7) is 5.85. The molecule has 7 nitrogen and oxygen atoms in total. The lowest BCUT2D eigenvalue weighted by Gasteiger charge is -2.20. The third-order valence-corrected chi connectivity index (χ3v) is 2.84. The van der Waals surface area contributed by atoms with Crippen molar-refractivity contribution < 1.29 is 4.79 Å². The van der Waals surface area contributed by atoms with E-state index in [0.29, 0.717) is 10.7 Å². The van der Waals surface area contributed by atoms with Crippen LogP contribution in [0.4, 0.5) is 22.4 Å². The first kappa shape index (κ1) is 17.2. The van der Waals surface area contributed by atoms with E-state index < -0.39 is 6.03 Å². The number of nitrogens with zero attached hydrogens (tertiary/aromatic N) is 3. The van der Waals surface area contributed by atoms with Crippen LogP contribution in [0.5, 0.6) is 0 Å². The summed E-state index contributed by atoms with van der Waals surface area (Å²) in [5.41, 5.74) is 0.327. The molecule has 0 bridgehead atoms. The van der Waals surface area contributed by atoms with Gasteiger partial charge in [0.2, 0.25) is 17.2 Å². The predicted molar refractivity (Wildman–Crippen MR) is 92.3 cm³/mol. The Morgan fingerprint density at radius 3 is 2.17 bits per heavy atom. The average molecular weight is 355 g/mol. The molecule has 23 heavy (non-hydrogen) atoms. The molecular formula is C14H16Cl2N6O. The number of amides is 2. The molecule has 0 aliphatic carbocycles. The molecule has 0 aliphatic heterocycles. The second kappa shape index (κ2) is 6.97. The molecule has 0 radical (unpaired) electrons. The van der Waals surface area contributed by atoms with Gasteiger partial charge in [-0.2, -0.15) is 15.0 Å². The molecule has 0 atom stereocenters. The Hall–Kier alpha value is -2.12. The van der Waals surface area contributed by atoms with E-state index in [2.05, 4.69) is 30.9 Å². The van der Waals surface area contributed by atoms with Gasteiger partial charge in [0.25, 0.3) is 0 Å². The van der Waals surface area contributed by atoms with Crippen molar-refractivity contribution in [3.63, 3.8) is 0 Å². The minimum atomic E-state index is -0.503. The third-order valence-electron chi connectivity index (χ3n) is 2.42. The zero-order valence-electron chi connectivity index (χ0n) is 12.8. The summed E-state index contributed by atoms with van der Waals surface area (Å²) in [6, 6.07) is 6.19. The molecule has 1 heterocycles. The van der Waals surface area contributed by atoms with Gasteiger partial charge in [-0.15, -0.1) is 0 Å². The van der Waals surface area contributed by atoms with Crippen LogP contribution in [0.3, 0.4) is 0 Å². The number of nitrogens with one attached hydrogen (secondary N) is 3. The first-order valence-corrected chi connectivity index (χ1v) is 7.50. The number of hydrogen-bond donors (Lipinski definition) is 3. The van der Waals surface area contributed by atoms with E-state index in [-0.39, 0.29) is 22.7 Å². The third kappa shape index (κ3) is 5.88. The van der Waals surface area contributed by atoms with E-state index in [1.54, 1.807) is 24.3 Å². The smallest absolute Gasteiger partial charge is 0.326 e. The van der Waals surface area contributed by atoms with Crippen LogP contribution in [0.25, 0.3) is 0 Å². The van der Waals surface area contributed by atoms with Crippen molar-refractivity contribution in [3.05, 3.63) is 34.6 Å². The van der Waals surface area contributed by atoms with Gasteiger partial charge in [-0.3, -0.25) is 5.32 Å². The van der Waals surface area contributed by atoms with E-state index in [0.717, 1.165) is 0 Å². The van der Waals surface area contributed by atoms with E-state index >= 15 is 0 Å². The maximum atomic E-state index is 12.0. The maximum Gasteiger partial charge on any atom is 0.326 e. The molecule has 122 valence electrons. The number of carbonyl (C=O) groups excluding carboxylic acids is 1. The molecule has 0 spiro atoms. The van der Waals surface area contributed by atoms with Crippen molar-refractivity contribution in [2.75, 3.05) is 16.0 Å². The standard InChI is InChI=1S/C14H16Cl2N6O/c1-14(2,3)22-12-19-10(16)18-11(20-12)21-13(23)17-9-6-4-8(15)5-7-9/h4-7H,1-3H3,(H3,17,18,19,20,21,22,23). The summed E-state index contributed by atoms with van der Waals surface area (Å²) in [5.74, 6) is 0.322. The van der Waals surface area contributed by atoms with Crippen LogP contribution in [0.15, 0.2) is 24.3 Å². The molecule has 2 rings (SSSR count). The molecule has 2 aromatic rings. The highest BCUT2D eigenvalue weighted by molar-refractivity contribution is 6.30. The maximum absolute atomic E-state index is 12.0. The minimum Gasteiger partial charge on any atom is -0.349 e. The van der Waals surface area contributed by atoms with E-state index in [4.69, 9.17) is 23.2 Å². The van der Waals surface area contributed by atoms with Crippen LogP contribution < -0.4 is 16.0 Å². The predicted octanol–water partition coefficient (Wildman–Crippen LogP) is 4.03. The number of rotatable bonds is 3. The molecule has 2 amide bonds. The summed E-state index contributed by atoms with van der Waals surface area (Å²) >= 11 is 11.6. The van der Waals surface area contributed by atoms with Gasteiger partial charge in [0.05, 0.1) is 0 Å². The first-order chi connectivity index (χ1) is 10.7. The fourth-order valence-corrected chi connectivity index (χ4v) is 1.88. The Kier molecular flexibility index (Phi) is 5.23. The summed E-state index contributed by atoms with van der Waals surface area (Å²) in [5, 5.41) is 8.75. The molecule has 1 aromatic carbocycles. The van der Waals surface area contributed by atoms with Crippen molar-refractivity contribution in [2.24, 2.45) is 0 Å². The van der Waals surface area contributed by atoms with Gasteiger partial charge < -0.3 is 10.6 Å². The normalized spacial score (nSPS) is 11.0. The zero-order chi connectivity index (χ0) is 17.0. The summed E-state index contributed by atoms with van der Waals surface area (Å²) in [7, 11) is 0. The SMILES string of the molecule is CC(C)(C)Nc1nc(Cl)nc(NC(=O)Nc2ccc(Cl)cc2)n1. The van der Waals surface area contributed by atoms with E-state index in [1.165, 1.54) is 0 Å². The van der Waals surface area contributed by atoms with Crippen LogP contribution in [-0.2, 0) is 0 Å². The van der Waals surface area contributed by atoms with E-state index in [1.807, 2.05) is 20.8 Å². The molecule has 0 unspecified atom stereocenters. The van der Waals surface area contributed by atoms with Gasteiger partial charge in [0.1, 0.15) is 0 Å². The number of halogens is 2. The second-order valence-electron chi connectivity index (χ2n) is 5.71. The van der Waals surface area contributed by atoms with E-state index in [9.17, 15) is 4.79 Å². The number of hydrogen-bond acceptors (Lipinski definition) is 5. The van der Waals surface area contributed by atoms with Gasteiger partial charge in [-0.05, 0) is 56.6 Å².